The van der Waals surface area contributed by atoms with Gasteiger partial charge in [0.1, 0.15) is 5.03 Å². The number of piperidine rings is 1. The van der Waals surface area contributed by atoms with Crippen molar-refractivity contribution in [1.29, 1.82) is 0 Å². The molecule has 4 rings (SSSR count). The van der Waals surface area contributed by atoms with E-state index in [1.54, 1.807) is 25.1 Å². The SMILES string of the molecule is Cc1nc2ccccc2nc1SC(C)C(=O)Nc1cccc(S(=O)(=O)N2CCCCC2)c1. The van der Waals surface area contributed by atoms with Gasteiger partial charge in [-0.05, 0) is 57.0 Å². The normalized spacial score (nSPS) is 16.1. The molecule has 0 saturated carbocycles. The van der Waals surface area contributed by atoms with Crippen LogP contribution in [0.2, 0.25) is 0 Å². The lowest BCUT2D eigenvalue weighted by atomic mass is 10.2. The van der Waals surface area contributed by atoms with Crippen molar-refractivity contribution in [3.05, 3.63) is 54.2 Å². The Morgan fingerprint density at radius 3 is 2.44 bits per heavy atom. The van der Waals surface area contributed by atoms with Crippen LogP contribution in [-0.2, 0) is 14.8 Å². The van der Waals surface area contributed by atoms with Gasteiger partial charge in [-0.25, -0.2) is 18.4 Å². The Morgan fingerprint density at radius 2 is 1.72 bits per heavy atom. The number of aryl methyl sites for hydroxylation is 1. The maximum atomic E-state index is 12.9. The van der Waals surface area contributed by atoms with Crippen molar-refractivity contribution in [2.75, 3.05) is 18.4 Å². The second-order valence-corrected chi connectivity index (χ2v) is 11.1. The van der Waals surface area contributed by atoms with E-state index in [-0.39, 0.29) is 10.8 Å². The van der Waals surface area contributed by atoms with Gasteiger partial charge in [0.05, 0.1) is 26.9 Å². The molecule has 0 bridgehead atoms. The summed E-state index contributed by atoms with van der Waals surface area (Å²) in [6.07, 6.45) is 2.81. The molecule has 2 aromatic carbocycles. The molecule has 0 radical (unpaired) electrons. The molecule has 1 atom stereocenters. The molecule has 1 unspecified atom stereocenters. The number of carbonyl (C=O) groups excluding carboxylic acids is 1. The van der Waals surface area contributed by atoms with Crippen LogP contribution in [0.5, 0.6) is 0 Å². The number of anilines is 1. The zero-order valence-corrected chi connectivity index (χ0v) is 19.7. The molecule has 3 aromatic rings. The van der Waals surface area contributed by atoms with Gasteiger partial charge in [0.25, 0.3) is 0 Å². The van der Waals surface area contributed by atoms with Gasteiger partial charge in [-0.1, -0.05) is 36.4 Å². The molecule has 168 valence electrons. The number of nitrogens with zero attached hydrogens (tertiary/aromatic N) is 3. The van der Waals surface area contributed by atoms with Crippen molar-refractivity contribution in [1.82, 2.24) is 14.3 Å². The number of sulfonamides is 1. The Labute approximate surface area is 192 Å². The van der Waals surface area contributed by atoms with E-state index in [1.807, 2.05) is 31.2 Å². The Balaban J connectivity index is 1.47. The third kappa shape index (κ3) is 4.95. The summed E-state index contributed by atoms with van der Waals surface area (Å²) in [5, 5.41) is 3.11. The van der Waals surface area contributed by atoms with Crippen LogP contribution in [-0.4, -0.2) is 46.9 Å². The number of hydrogen-bond acceptors (Lipinski definition) is 6. The van der Waals surface area contributed by atoms with Crippen molar-refractivity contribution in [3.8, 4) is 0 Å². The van der Waals surface area contributed by atoms with Crippen LogP contribution in [0.15, 0.2) is 58.5 Å². The van der Waals surface area contributed by atoms with Crippen molar-refractivity contribution in [3.63, 3.8) is 0 Å². The molecule has 0 aliphatic carbocycles. The maximum Gasteiger partial charge on any atom is 0.243 e. The van der Waals surface area contributed by atoms with Gasteiger partial charge in [-0.15, -0.1) is 0 Å². The number of amides is 1. The van der Waals surface area contributed by atoms with E-state index in [2.05, 4.69) is 15.3 Å². The Kier molecular flexibility index (Phi) is 6.78. The third-order valence-corrected chi connectivity index (χ3v) is 8.49. The lowest BCUT2D eigenvalue weighted by Gasteiger charge is -2.26. The van der Waals surface area contributed by atoms with Gasteiger partial charge in [0.15, 0.2) is 0 Å². The second-order valence-electron chi connectivity index (χ2n) is 7.84. The van der Waals surface area contributed by atoms with Crippen LogP contribution in [0, 0.1) is 6.92 Å². The predicted octanol–water partition coefficient (Wildman–Crippen LogP) is 4.23. The van der Waals surface area contributed by atoms with Crippen LogP contribution < -0.4 is 5.32 Å². The van der Waals surface area contributed by atoms with Crippen LogP contribution >= 0.6 is 11.8 Å². The smallest absolute Gasteiger partial charge is 0.243 e. The van der Waals surface area contributed by atoms with E-state index < -0.39 is 15.3 Å². The molecular formula is C23H26N4O3S2. The largest absolute Gasteiger partial charge is 0.325 e. The number of hydrogen-bond donors (Lipinski definition) is 1. The molecule has 7 nitrogen and oxygen atoms in total. The quantitative estimate of drug-likeness (QED) is 0.542. The van der Waals surface area contributed by atoms with E-state index in [0.29, 0.717) is 23.8 Å². The summed E-state index contributed by atoms with van der Waals surface area (Å²) in [7, 11) is -3.56. The van der Waals surface area contributed by atoms with Gasteiger partial charge >= 0.3 is 0 Å². The third-order valence-electron chi connectivity index (χ3n) is 5.41. The zero-order valence-electron chi connectivity index (χ0n) is 18.1. The first kappa shape index (κ1) is 22.7. The van der Waals surface area contributed by atoms with E-state index in [1.165, 1.54) is 22.1 Å². The standard InChI is InChI=1S/C23H26N4O3S2/c1-16-23(26-21-12-5-4-11-20(21)24-16)31-17(2)22(28)25-18-9-8-10-19(15-18)32(29,30)27-13-6-3-7-14-27/h4-5,8-12,15,17H,3,6-7,13-14H2,1-2H3,(H,25,28). The van der Waals surface area contributed by atoms with E-state index >= 15 is 0 Å². The van der Waals surface area contributed by atoms with Crippen molar-refractivity contribution >= 4 is 44.4 Å². The Bertz CT molecular complexity index is 1240. The average Bonchev–Trinajstić information content (AvgIpc) is 2.80. The summed E-state index contributed by atoms with van der Waals surface area (Å²) in [5.74, 6) is -0.225. The first-order valence-electron chi connectivity index (χ1n) is 10.7. The molecule has 1 aliphatic heterocycles. The van der Waals surface area contributed by atoms with Crippen LogP contribution in [0.3, 0.4) is 0 Å². The summed E-state index contributed by atoms with van der Waals surface area (Å²) in [6, 6.07) is 14.1. The number of carbonyl (C=O) groups is 1. The lowest BCUT2D eigenvalue weighted by molar-refractivity contribution is -0.115. The van der Waals surface area contributed by atoms with Crippen molar-refractivity contribution in [2.45, 2.75) is 48.3 Å². The number of nitrogens with one attached hydrogen (secondary N) is 1. The zero-order chi connectivity index (χ0) is 22.7. The highest BCUT2D eigenvalue weighted by Gasteiger charge is 2.26. The molecule has 1 aromatic heterocycles. The lowest BCUT2D eigenvalue weighted by Crippen LogP contribution is -2.35. The molecule has 1 saturated heterocycles. The van der Waals surface area contributed by atoms with E-state index in [4.69, 9.17) is 0 Å². The van der Waals surface area contributed by atoms with E-state index in [9.17, 15) is 13.2 Å². The minimum absolute atomic E-state index is 0.203. The minimum atomic E-state index is -3.56. The molecule has 32 heavy (non-hydrogen) atoms. The number of aromatic nitrogens is 2. The van der Waals surface area contributed by atoms with Crippen molar-refractivity contribution in [2.24, 2.45) is 0 Å². The minimum Gasteiger partial charge on any atom is -0.325 e. The maximum absolute atomic E-state index is 12.9. The average molecular weight is 471 g/mol. The fourth-order valence-corrected chi connectivity index (χ4v) is 6.07. The van der Waals surface area contributed by atoms with Crippen LogP contribution in [0.1, 0.15) is 31.9 Å². The molecule has 2 heterocycles. The van der Waals surface area contributed by atoms with Crippen LogP contribution in [0.4, 0.5) is 5.69 Å². The van der Waals surface area contributed by atoms with Gasteiger partial charge in [-0.2, -0.15) is 4.31 Å². The Hall–Kier alpha value is -2.49. The Morgan fingerprint density at radius 1 is 1.03 bits per heavy atom. The molecular weight excluding hydrogens is 444 g/mol. The van der Waals surface area contributed by atoms with Gasteiger partial charge in [0.2, 0.25) is 15.9 Å². The number of thioether (sulfide) groups is 1. The van der Waals surface area contributed by atoms with Gasteiger partial charge < -0.3 is 5.32 Å². The fourth-order valence-electron chi connectivity index (χ4n) is 3.64. The second kappa shape index (κ2) is 9.56. The highest BCUT2D eigenvalue weighted by atomic mass is 32.2. The highest BCUT2D eigenvalue weighted by molar-refractivity contribution is 8.00. The first-order valence-corrected chi connectivity index (χ1v) is 13.0. The predicted molar refractivity (Wildman–Crippen MR) is 127 cm³/mol. The first-order chi connectivity index (χ1) is 15.3. The number of rotatable bonds is 6. The summed E-state index contributed by atoms with van der Waals surface area (Å²) in [6.45, 7) is 4.75. The topological polar surface area (TPSA) is 92.3 Å². The summed E-state index contributed by atoms with van der Waals surface area (Å²) < 4.78 is 27.4. The summed E-state index contributed by atoms with van der Waals surface area (Å²) in [4.78, 5) is 22.2. The monoisotopic (exact) mass is 470 g/mol. The molecule has 1 N–H and O–H groups in total. The summed E-state index contributed by atoms with van der Waals surface area (Å²) >= 11 is 1.33. The van der Waals surface area contributed by atoms with Crippen molar-refractivity contribution < 1.29 is 13.2 Å². The molecule has 1 amide bonds. The number of benzene rings is 2. The number of fused-ring (bicyclic) bond motifs is 1. The summed E-state index contributed by atoms with van der Waals surface area (Å²) in [5.41, 5.74) is 2.83. The molecule has 0 spiro atoms. The highest BCUT2D eigenvalue weighted by Crippen LogP contribution is 2.27. The number of para-hydroxylation sites is 2. The van der Waals surface area contributed by atoms with Crippen LogP contribution in [0.25, 0.3) is 11.0 Å². The molecule has 1 fully saturated rings. The van der Waals surface area contributed by atoms with Gasteiger partial charge in [-0.3, -0.25) is 4.79 Å². The van der Waals surface area contributed by atoms with Gasteiger partial charge in [0, 0.05) is 18.8 Å². The molecule has 9 heteroatoms. The molecule has 1 aliphatic rings. The fraction of sp³-hybridized carbons (Fsp3) is 0.348. The van der Waals surface area contributed by atoms with E-state index in [0.717, 1.165) is 36.0 Å².